The first-order valence-corrected chi connectivity index (χ1v) is 11.5. The Labute approximate surface area is 198 Å². The van der Waals surface area contributed by atoms with Gasteiger partial charge in [0.1, 0.15) is 0 Å². The van der Waals surface area contributed by atoms with Gasteiger partial charge in [0.15, 0.2) is 0 Å². The van der Waals surface area contributed by atoms with E-state index < -0.39 is 18.4 Å². The Morgan fingerprint density at radius 2 is 1.74 bits per heavy atom. The lowest BCUT2D eigenvalue weighted by molar-refractivity contribution is -0.127. The summed E-state index contributed by atoms with van der Waals surface area (Å²) in [7, 11) is 0. The summed E-state index contributed by atoms with van der Waals surface area (Å²) in [6.07, 6.45) is 0.700. The number of fused-ring (bicyclic) bond motifs is 1. The Morgan fingerprint density at radius 3 is 2.38 bits per heavy atom. The van der Waals surface area contributed by atoms with Crippen molar-refractivity contribution in [2.75, 3.05) is 25.0 Å². The van der Waals surface area contributed by atoms with Crippen LogP contribution in [0.1, 0.15) is 35.7 Å². The molecule has 9 nitrogen and oxygen atoms in total. The van der Waals surface area contributed by atoms with E-state index in [0.717, 1.165) is 28.8 Å². The Kier molecular flexibility index (Phi) is 6.99. The van der Waals surface area contributed by atoms with Gasteiger partial charge >= 0.3 is 0 Å². The van der Waals surface area contributed by atoms with Gasteiger partial charge in [-0.3, -0.25) is 14.6 Å². The van der Waals surface area contributed by atoms with E-state index in [1.165, 1.54) is 9.91 Å². The number of β-amino-alcohol motifs (C(OH)–C–C–N with tert-alkyl or cyclic N) is 2. The van der Waals surface area contributed by atoms with Crippen molar-refractivity contribution < 1.29 is 19.8 Å². The van der Waals surface area contributed by atoms with Crippen LogP contribution in [0.2, 0.25) is 0 Å². The van der Waals surface area contributed by atoms with Gasteiger partial charge < -0.3 is 26.2 Å². The third kappa shape index (κ3) is 4.97. The Hall–Kier alpha value is -3.24. The van der Waals surface area contributed by atoms with E-state index in [-0.39, 0.29) is 24.9 Å². The molecule has 0 saturated carbocycles. The Balaban J connectivity index is 1.55. The van der Waals surface area contributed by atoms with E-state index in [0.29, 0.717) is 24.1 Å². The lowest BCUT2D eigenvalue weighted by Crippen LogP contribution is -2.40. The predicted molar refractivity (Wildman–Crippen MR) is 130 cm³/mol. The normalized spacial score (nSPS) is 21.9. The Morgan fingerprint density at radius 1 is 1.09 bits per heavy atom. The topological polar surface area (TPSA) is 145 Å². The number of aliphatic hydroxyl groups excluding tert-OH is 2. The van der Waals surface area contributed by atoms with Crippen molar-refractivity contribution in [3.63, 3.8) is 0 Å². The van der Waals surface area contributed by atoms with Crippen LogP contribution >= 0.6 is 0 Å². The molecule has 2 aliphatic heterocycles. The highest BCUT2D eigenvalue weighted by Gasteiger charge is 2.33. The number of carbonyl (C=O) groups excluding carboxylic acids is 2. The predicted octanol–water partition coefficient (Wildman–Crippen LogP) is 1.13. The van der Waals surface area contributed by atoms with Crippen LogP contribution in [0.15, 0.2) is 48.0 Å². The highest BCUT2D eigenvalue weighted by molar-refractivity contribution is 5.99. The minimum Gasteiger partial charge on any atom is -0.388 e. The molecule has 0 aromatic heterocycles. The van der Waals surface area contributed by atoms with Gasteiger partial charge in [-0.05, 0) is 47.4 Å². The molecule has 34 heavy (non-hydrogen) atoms. The van der Waals surface area contributed by atoms with Gasteiger partial charge in [-0.25, -0.2) is 5.84 Å². The SMILES string of the molecule is CCCN(N)C(=O)C1=Cc2ccc(-c3ccc(C(=O)N4CC(O)C(O)C4)cc3)cc2NC(N)C1. The molecular formula is C25H31N5O4. The van der Waals surface area contributed by atoms with E-state index >= 15 is 0 Å². The zero-order chi connectivity index (χ0) is 24.4. The second kappa shape index (κ2) is 9.94. The van der Waals surface area contributed by atoms with Crippen LogP contribution in [-0.4, -0.2) is 69.9 Å². The summed E-state index contributed by atoms with van der Waals surface area (Å²) in [6.45, 7) is 2.68. The molecule has 0 spiro atoms. The number of benzene rings is 2. The minimum absolute atomic E-state index is 0.122. The average Bonchev–Trinajstić information content (AvgIpc) is 3.06. The summed E-state index contributed by atoms with van der Waals surface area (Å²) < 4.78 is 0. The molecule has 2 amide bonds. The molecule has 4 rings (SSSR count). The number of hydrogen-bond donors (Lipinski definition) is 5. The number of nitrogens with two attached hydrogens (primary N) is 2. The number of carbonyl (C=O) groups is 2. The lowest BCUT2D eigenvalue weighted by atomic mass is 10.00. The number of anilines is 1. The maximum atomic E-state index is 12.7. The van der Waals surface area contributed by atoms with Crippen molar-refractivity contribution in [3.8, 4) is 11.1 Å². The first kappa shape index (κ1) is 23.9. The summed E-state index contributed by atoms with van der Waals surface area (Å²) in [5, 5.41) is 23.9. The van der Waals surface area contributed by atoms with Crippen LogP contribution < -0.4 is 16.9 Å². The van der Waals surface area contributed by atoms with Crippen LogP contribution in [0.3, 0.4) is 0 Å². The standard InChI is InChI=1S/C25H31N5O4/c1-2-9-30(27)25(34)19-10-18-8-7-17(11-20(18)28-23(26)12-19)15-3-5-16(6-4-15)24(33)29-13-21(31)22(32)14-29/h3-8,10-11,21-23,28,31-32H,2,9,12-14,26-27H2,1H3. The fraction of sp³-hybridized carbons (Fsp3) is 0.360. The highest BCUT2D eigenvalue weighted by Crippen LogP contribution is 2.31. The third-order valence-electron chi connectivity index (χ3n) is 6.18. The number of hydrogen-bond acceptors (Lipinski definition) is 7. The number of hydrazine groups is 1. The summed E-state index contributed by atoms with van der Waals surface area (Å²) in [4.78, 5) is 26.8. The molecule has 7 N–H and O–H groups in total. The second-order valence-electron chi connectivity index (χ2n) is 8.85. The van der Waals surface area contributed by atoms with Gasteiger partial charge in [0, 0.05) is 42.9 Å². The fourth-order valence-corrected chi connectivity index (χ4v) is 4.32. The highest BCUT2D eigenvalue weighted by atomic mass is 16.3. The first-order valence-electron chi connectivity index (χ1n) is 11.5. The first-order chi connectivity index (χ1) is 16.3. The maximum absolute atomic E-state index is 12.7. The quantitative estimate of drug-likeness (QED) is 0.253. The summed E-state index contributed by atoms with van der Waals surface area (Å²) in [5.41, 5.74) is 10.8. The van der Waals surface area contributed by atoms with Crippen molar-refractivity contribution in [3.05, 3.63) is 59.2 Å². The van der Waals surface area contributed by atoms with E-state index in [9.17, 15) is 19.8 Å². The van der Waals surface area contributed by atoms with E-state index in [4.69, 9.17) is 11.6 Å². The average molecular weight is 466 g/mol. The molecule has 3 unspecified atom stereocenters. The molecule has 2 aromatic carbocycles. The number of nitrogens with zero attached hydrogens (tertiary/aromatic N) is 2. The molecular weight excluding hydrogens is 434 g/mol. The number of rotatable bonds is 5. The summed E-state index contributed by atoms with van der Waals surface area (Å²) in [6, 6.07) is 13.0. The molecule has 0 bridgehead atoms. The molecule has 1 saturated heterocycles. The van der Waals surface area contributed by atoms with E-state index in [1.807, 2.05) is 43.3 Å². The van der Waals surface area contributed by atoms with Crippen molar-refractivity contribution in [1.82, 2.24) is 9.91 Å². The van der Waals surface area contributed by atoms with Gasteiger partial charge in [0.25, 0.3) is 11.8 Å². The molecule has 0 aliphatic carbocycles. The van der Waals surface area contributed by atoms with Crippen LogP contribution in [0.4, 0.5) is 5.69 Å². The van der Waals surface area contributed by atoms with Crippen molar-refractivity contribution in [2.45, 2.75) is 38.1 Å². The molecule has 2 aromatic rings. The van der Waals surface area contributed by atoms with Crippen LogP contribution in [0.25, 0.3) is 17.2 Å². The molecule has 0 radical (unpaired) electrons. The van der Waals surface area contributed by atoms with Gasteiger partial charge in [0.2, 0.25) is 0 Å². The van der Waals surface area contributed by atoms with E-state index in [1.54, 1.807) is 12.1 Å². The van der Waals surface area contributed by atoms with Crippen LogP contribution in [-0.2, 0) is 4.79 Å². The van der Waals surface area contributed by atoms with E-state index in [2.05, 4.69) is 5.32 Å². The summed E-state index contributed by atoms with van der Waals surface area (Å²) >= 11 is 0. The van der Waals surface area contributed by atoms with Crippen molar-refractivity contribution in [1.29, 1.82) is 0 Å². The second-order valence-corrected chi connectivity index (χ2v) is 8.85. The summed E-state index contributed by atoms with van der Waals surface area (Å²) in [5.74, 6) is 5.44. The lowest BCUT2D eigenvalue weighted by Gasteiger charge is -2.19. The minimum atomic E-state index is -0.911. The van der Waals surface area contributed by atoms with Crippen molar-refractivity contribution >= 4 is 23.6 Å². The van der Waals surface area contributed by atoms with Crippen LogP contribution in [0, 0.1) is 0 Å². The third-order valence-corrected chi connectivity index (χ3v) is 6.18. The molecule has 3 atom stereocenters. The molecule has 2 heterocycles. The molecule has 2 aliphatic rings. The van der Waals surface area contributed by atoms with Gasteiger partial charge in [-0.15, -0.1) is 0 Å². The largest absolute Gasteiger partial charge is 0.388 e. The molecule has 9 heteroatoms. The Bertz CT molecular complexity index is 1090. The number of aliphatic hydroxyl groups is 2. The van der Waals surface area contributed by atoms with Gasteiger partial charge in [0.05, 0.1) is 18.4 Å². The van der Waals surface area contributed by atoms with Gasteiger partial charge in [-0.1, -0.05) is 31.2 Å². The molecule has 1 fully saturated rings. The van der Waals surface area contributed by atoms with Crippen molar-refractivity contribution in [2.24, 2.45) is 11.6 Å². The number of amides is 2. The maximum Gasteiger partial charge on any atom is 0.263 e. The fourth-order valence-electron chi connectivity index (χ4n) is 4.32. The van der Waals surface area contributed by atoms with Gasteiger partial charge in [-0.2, -0.15) is 0 Å². The zero-order valence-electron chi connectivity index (χ0n) is 19.1. The number of likely N-dealkylation sites (tertiary alicyclic amines) is 1. The number of nitrogens with one attached hydrogen (secondary N) is 1. The zero-order valence-corrected chi connectivity index (χ0v) is 19.1. The van der Waals surface area contributed by atoms with Crippen LogP contribution in [0.5, 0.6) is 0 Å². The smallest absolute Gasteiger partial charge is 0.263 e. The monoisotopic (exact) mass is 465 g/mol. The molecule has 180 valence electrons.